The molecule has 0 aliphatic heterocycles. The Morgan fingerprint density at radius 2 is 1.95 bits per heavy atom. The fourth-order valence-corrected chi connectivity index (χ4v) is 8.71. The highest BCUT2D eigenvalue weighted by atomic mass is 16.5. The monoisotopic (exact) mass is 505 g/mol. The molecule has 4 N–H and O–H groups in total. The summed E-state index contributed by atoms with van der Waals surface area (Å²) in [4.78, 5) is 24.6. The van der Waals surface area contributed by atoms with Crippen LogP contribution in [-0.2, 0) is 20.7 Å². The van der Waals surface area contributed by atoms with Gasteiger partial charge in [0.25, 0.3) is 5.91 Å². The number of carbonyl (C=O) groups excluding carboxylic acids is 1. The maximum Gasteiger partial charge on any atom is 0.303 e. The van der Waals surface area contributed by atoms with E-state index < -0.39 is 5.97 Å². The molecule has 1 amide bonds. The second-order valence-electron chi connectivity index (χ2n) is 12.2. The first-order valence-corrected chi connectivity index (χ1v) is 14.2. The molecule has 1 aromatic rings. The van der Waals surface area contributed by atoms with Gasteiger partial charge in [0.05, 0.1) is 6.61 Å². The van der Waals surface area contributed by atoms with Crippen LogP contribution in [0.2, 0.25) is 0 Å². The summed E-state index contributed by atoms with van der Waals surface area (Å²) in [5.41, 5.74) is 2.37. The standard InChI is InChI=1S/C30H39N3O4/c31-16-23(28(36)33-27-24-13-20-11-21-14-25(27)30(21,24)15-20)29(37-17-19-5-2-1-3-6-19)32-22-8-4-7-18(12-22)9-10-26(34)35/h4,7-8,12,16,19-21,24-25,27,31-32H,1-3,5-6,9-11,13-15,17H2,(H,33,36)(H,34,35)/b29-23-,31-16?. The summed E-state index contributed by atoms with van der Waals surface area (Å²) in [5.74, 6) is 2.67. The number of nitrogens with one attached hydrogen (secondary N) is 3. The lowest BCUT2D eigenvalue weighted by Crippen LogP contribution is -2.73. The fourth-order valence-electron chi connectivity index (χ4n) is 8.71. The number of carboxylic acid groups (broad SMARTS) is 1. The lowest BCUT2D eigenvalue weighted by atomic mass is 9.36. The Morgan fingerprint density at radius 1 is 1.14 bits per heavy atom. The zero-order valence-corrected chi connectivity index (χ0v) is 21.5. The van der Waals surface area contributed by atoms with Crippen LogP contribution in [0.15, 0.2) is 35.7 Å². The van der Waals surface area contributed by atoms with Crippen molar-refractivity contribution in [2.75, 3.05) is 11.9 Å². The fraction of sp³-hybridized carbons (Fsp3) is 0.633. The number of aliphatic carboxylic acids is 1. The molecule has 7 nitrogen and oxygen atoms in total. The van der Waals surface area contributed by atoms with Gasteiger partial charge in [-0.1, -0.05) is 31.4 Å². The number of benzene rings is 1. The molecule has 0 radical (unpaired) electrons. The third-order valence-electron chi connectivity index (χ3n) is 10.3. The Balaban J connectivity index is 1.19. The number of fused-ring (bicyclic) bond motifs is 1. The smallest absolute Gasteiger partial charge is 0.303 e. The Labute approximate surface area is 218 Å². The molecule has 6 unspecified atom stereocenters. The Hall–Kier alpha value is -2.83. The van der Waals surface area contributed by atoms with Crippen molar-refractivity contribution in [1.29, 1.82) is 5.41 Å². The van der Waals surface area contributed by atoms with Crippen LogP contribution in [0, 0.1) is 40.4 Å². The van der Waals surface area contributed by atoms with Gasteiger partial charge in [0.1, 0.15) is 5.57 Å². The summed E-state index contributed by atoms with van der Waals surface area (Å²) in [6.07, 6.45) is 12.8. The Bertz CT molecular complexity index is 1110. The number of ether oxygens (including phenoxy) is 1. The minimum Gasteiger partial charge on any atom is -0.481 e. The first-order valence-electron chi connectivity index (χ1n) is 14.2. The van der Waals surface area contributed by atoms with Crippen LogP contribution in [-0.4, -0.2) is 35.8 Å². The maximum atomic E-state index is 13.6. The van der Waals surface area contributed by atoms with Crippen molar-refractivity contribution in [2.24, 2.45) is 35.0 Å². The average Bonchev–Trinajstić information content (AvgIpc) is 3.42. The van der Waals surface area contributed by atoms with E-state index >= 15 is 0 Å². The molecular formula is C30H39N3O4. The number of hydrogen-bond donors (Lipinski definition) is 4. The van der Waals surface area contributed by atoms with E-state index in [9.17, 15) is 9.59 Å². The van der Waals surface area contributed by atoms with Gasteiger partial charge in [-0.3, -0.25) is 9.59 Å². The van der Waals surface area contributed by atoms with Crippen LogP contribution in [0.1, 0.15) is 69.8 Å². The molecule has 5 aliphatic rings. The lowest BCUT2D eigenvalue weighted by molar-refractivity contribution is -0.203. The van der Waals surface area contributed by atoms with Gasteiger partial charge >= 0.3 is 5.97 Å². The zero-order valence-electron chi connectivity index (χ0n) is 21.5. The number of aryl methyl sites for hydroxylation is 1. The van der Waals surface area contributed by atoms with Gasteiger partial charge in [0.2, 0.25) is 5.88 Å². The average molecular weight is 506 g/mol. The van der Waals surface area contributed by atoms with Gasteiger partial charge in [-0.05, 0) is 97.6 Å². The molecule has 5 saturated carbocycles. The summed E-state index contributed by atoms with van der Waals surface area (Å²) in [5, 5.41) is 23.8. The van der Waals surface area contributed by atoms with Gasteiger partial charge in [0.15, 0.2) is 0 Å². The predicted octanol–water partition coefficient (Wildman–Crippen LogP) is 5.12. The minimum atomic E-state index is -0.830. The molecular weight excluding hydrogens is 466 g/mol. The van der Waals surface area contributed by atoms with E-state index in [1.165, 1.54) is 44.9 Å². The van der Waals surface area contributed by atoms with Crippen molar-refractivity contribution in [1.82, 2.24) is 5.32 Å². The lowest BCUT2D eigenvalue weighted by Gasteiger charge is -2.70. The van der Waals surface area contributed by atoms with E-state index in [0.29, 0.717) is 42.1 Å². The number of rotatable bonds is 11. The number of hydrogen-bond acceptors (Lipinski definition) is 5. The topological polar surface area (TPSA) is 112 Å². The van der Waals surface area contributed by atoms with Crippen LogP contribution >= 0.6 is 0 Å². The van der Waals surface area contributed by atoms with Gasteiger partial charge in [-0.2, -0.15) is 0 Å². The highest BCUT2D eigenvalue weighted by Gasteiger charge is 2.77. The van der Waals surface area contributed by atoms with Gasteiger partial charge in [-0.25, -0.2) is 0 Å². The SMILES string of the molecule is N=C/C(C(=O)NC1C2CC3CC4CC1C42C3)=C(\Nc1cccc(CCC(=O)O)c1)OCC1CCCCC1. The molecule has 0 heterocycles. The van der Waals surface area contributed by atoms with Crippen LogP contribution in [0.4, 0.5) is 5.69 Å². The summed E-state index contributed by atoms with van der Waals surface area (Å²) in [6.45, 7) is 0.521. The van der Waals surface area contributed by atoms with Crippen LogP contribution in [0.3, 0.4) is 0 Å². The van der Waals surface area contributed by atoms with Gasteiger partial charge in [-0.15, -0.1) is 0 Å². The van der Waals surface area contributed by atoms with E-state index in [1.807, 2.05) is 24.3 Å². The number of anilines is 1. The van der Waals surface area contributed by atoms with E-state index in [2.05, 4.69) is 10.6 Å². The van der Waals surface area contributed by atoms with Crippen LogP contribution in [0.5, 0.6) is 0 Å². The van der Waals surface area contributed by atoms with Crippen LogP contribution in [0.25, 0.3) is 0 Å². The van der Waals surface area contributed by atoms with Gasteiger partial charge < -0.3 is 25.9 Å². The van der Waals surface area contributed by atoms with Crippen LogP contribution < -0.4 is 10.6 Å². The number of carboxylic acids is 1. The Kier molecular flexibility index (Phi) is 6.49. The van der Waals surface area contributed by atoms with Crippen molar-refractivity contribution < 1.29 is 19.4 Å². The Morgan fingerprint density at radius 3 is 2.70 bits per heavy atom. The molecule has 7 heteroatoms. The first kappa shape index (κ1) is 24.5. The normalized spacial score (nSPS) is 33.9. The highest BCUT2D eigenvalue weighted by molar-refractivity contribution is 6.12. The first-order chi connectivity index (χ1) is 18.0. The summed E-state index contributed by atoms with van der Waals surface area (Å²) in [6, 6.07) is 7.78. The molecule has 0 aromatic heterocycles. The second-order valence-corrected chi connectivity index (χ2v) is 12.2. The van der Waals surface area contributed by atoms with Gasteiger partial charge in [0, 0.05) is 24.4 Å². The molecule has 5 aliphatic carbocycles. The summed E-state index contributed by atoms with van der Waals surface area (Å²) in [7, 11) is 0. The molecule has 6 rings (SSSR count). The largest absolute Gasteiger partial charge is 0.481 e. The summed E-state index contributed by atoms with van der Waals surface area (Å²) < 4.78 is 6.26. The van der Waals surface area contributed by atoms with Crippen molar-refractivity contribution in [3.63, 3.8) is 0 Å². The predicted molar refractivity (Wildman–Crippen MR) is 141 cm³/mol. The minimum absolute atomic E-state index is 0.0609. The molecule has 1 spiro atoms. The molecule has 198 valence electrons. The van der Waals surface area contributed by atoms with E-state index in [0.717, 1.165) is 42.1 Å². The molecule has 5 fully saturated rings. The maximum absolute atomic E-state index is 13.6. The number of carbonyl (C=O) groups is 2. The third-order valence-corrected chi connectivity index (χ3v) is 10.3. The molecule has 6 atom stereocenters. The van der Waals surface area contributed by atoms with E-state index in [1.54, 1.807) is 0 Å². The van der Waals surface area contributed by atoms with E-state index in [4.69, 9.17) is 15.3 Å². The highest BCUT2D eigenvalue weighted by Crippen LogP contribution is 2.81. The quantitative estimate of drug-likeness (QED) is 0.189. The summed E-state index contributed by atoms with van der Waals surface area (Å²) >= 11 is 0. The van der Waals surface area contributed by atoms with Crippen molar-refractivity contribution >= 4 is 23.8 Å². The zero-order chi connectivity index (χ0) is 25.6. The number of amides is 1. The van der Waals surface area contributed by atoms with Crippen molar-refractivity contribution in [3.8, 4) is 0 Å². The molecule has 0 saturated heterocycles. The molecule has 37 heavy (non-hydrogen) atoms. The molecule has 2 bridgehead atoms. The van der Waals surface area contributed by atoms with Crippen molar-refractivity contribution in [3.05, 3.63) is 41.3 Å². The third kappa shape index (κ3) is 4.34. The van der Waals surface area contributed by atoms with Crippen molar-refractivity contribution in [2.45, 2.75) is 76.7 Å². The van der Waals surface area contributed by atoms with E-state index in [-0.39, 0.29) is 23.9 Å². The molecule has 1 aromatic carbocycles. The second kappa shape index (κ2) is 9.80.